The van der Waals surface area contributed by atoms with E-state index in [1.54, 1.807) is 4.90 Å². The van der Waals surface area contributed by atoms with Gasteiger partial charge in [0.05, 0.1) is 6.07 Å². The van der Waals surface area contributed by atoms with Crippen LogP contribution in [0.2, 0.25) is 0 Å². The number of nitriles is 1. The second-order valence-electron chi connectivity index (χ2n) is 4.63. The first-order chi connectivity index (χ1) is 7.77. The van der Waals surface area contributed by atoms with Crippen molar-refractivity contribution in [3.05, 3.63) is 0 Å². The number of carbonyl (C=O) groups excluding carboxylic acids is 1. The van der Waals surface area contributed by atoms with E-state index in [0.717, 1.165) is 0 Å². The van der Waals surface area contributed by atoms with Crippen LogP contribution >= 0.6 is 0 Å². The SMILES string of the molecule is CCN(CC#N)C(=O)CC1CCCCCC1. The number of carbonyl (C=O) groups is 1. The van der Waals surface area contributed by atoms with E-state index in [1.165, 1.54) is 38.5 Å². The lowest BCUT2D eigenvalue weighted by atomic mass is 9.96. The molecule has 0 aromatic heterocycles. The normalized spacial score (nSPS) is 17.5. The molecule has 1 fully saturated rings. The van der Waals surface area contributed by atoms with Gasteiger partial charge in [0.2, 0.25) is 5.91 Å². The minimum absolute atomic E-state index is 0.163. The summed E-state index contributed by atoms with van der Waals surface area (Å²) in [6, 6.07) is 2.05. The molecule has 0 saturated heterocycles. The zero-order chi connectivity index (χ0) is 11.8. The summed E-state index contributed by atoms with van der Waals surface area (Å²) in [5, 5.41) is 8.62. The van der Waals surface area contributed by atoms with E-state index in [2.05, 4.69) is 6.07 Å². The van der Waals surface area contributed by atoms with Crippen molar-refractivity contribution in [3.8, 4) is 6.07 Å². The molecule has 0 atom stereocenters. The molecule has 1 rings (SSSR count). The lowest BCUT2D eigenvalue weighted by Gasteiger charge is -2.20. The minimum Gasteiger partial charge on any atom is -0.330 e. The molecule has 3 heteroatoms. The highest BCUT2D eigenvalue weighted by Gasteiger charge is 2.19. The predicted molar refractivity (Wildman–Crippen MR) is 63.7 cm³/mol. The Morgan fingerprint density at radius 3 is 2.44 bits per heavy atom. The molecule has 0 radical (unpaired) electrons. The van der Waals surface area contributed by atoms with Gasteiger partial charge in [0.15, 0.2) is 0 Å². The Morgan fingerprint density at radius 1 is 1.31 bits per heavy atom. The molecular formula is C13H22N2O. The van der Waals surface area contributed by atoms with Crippen LogP contribution in [0.5, 0.6) is 0 Å². The molecule has 16 heavy (non-hydrogen) atoms. The van der Waals surface area contributed by atoms with Crippen molar-refractivity contribution in [3.63, 3.8) is 0 Å². The van der Waals surface area contributed by atoms with E-state index in [4.69, 9.17) is 5.26 Å². The Hall–Kier alpha value is -1.04. The van der Waals surface area contributed by atoms with Gasteiger partial charge >= 0.3 is 0 Å². The third kappa shape index (κ3) is 4.22. The van der Waals surface area contributed by atoms with Crippen molar-refractivity contribution in [1.29, 1.82) is 5.26 Å². The zero-order valence-corrected chi connectivity index (χ0v) is 10.2. The molecule has 3 nitrogen and oxygen atoms in total. The van der Waals surface area contributed by atoms with Crippen LogP contribution in [0.4, 0.5) is 0 Å². The second kappa shape index (κ2) is 7.27. The van der Waals surface area contributed by atoms with E-state index in [9.17, 15) is 4.79 Å². The Morgan fingerprint density at radius 2 is 1.94 bits per heavy atom. The molecule has 0 bridgehead atoms. The fourth-order valence-corrected chi connectivity index (χ4v) is 2.41. The van der Waals surface area contributed by atoms with Gasteiger partial charge in [-0.05, 0) is 25.7 Å². The topological polar surface area (TPSA) is 44.1 Å². The van der Waals surface area contributed by atoms with Gasteiger partial charge in [0, 0.05) is 13.0 Å². The van der Waals surface area contributed by atoms with Gasteiger partial charge in [0.1, 0.15) is 6.54 Å². The summed E-state index contributed by atoms with van der Waals surface area (Å²) in [5.41, 5.74) is 0. The largest absolute Gasteiger partial charge is 0.330 e. The van der Waals surface area contributed by atoms with Gasteiger partial charge in [0.25, 0.3) is 0 Å². The molecule has 1 aliphatic rings. The summed E-state index contributed by atoms with van der Waals surface area (Å²) in [7, 11) is 0. The van der Waals surface area contributed by atoms with E-state index in [0.29, 0.717) is 18.9 Å². The van der Waals surface area contributed by atoms with Crippen molar-refractivity contribution in [1.82, 2.24) is 4.90 Å². The average Bonchev–Trinajstić information content (AvgIpc) is 2.54. The molecule has 0 spiro atoms. The van der Waals surface area contributed by atoms with Gasteiger partial charge < -0.3 is 4.90 Å². The van der Waals surface area contributed by atoms with Crippen LogP contribution in [0.1, 0.15) is 51.9 Å². The highest BCUT2D eigenvalue weighted by Crippen LogP contribution is 2.25. The first-order valence-electron chi connectivity index (χ1n) is 6.42. The lowest BCUT2D eigenvalue weighted by Crippen LogP contribution is -2.32. The standard InChI is InChI=1S/C13H22N2O/c1-2-15(10-9-14)13(16)11-12-7-5-3-4-6-8-12/h12H,2-8,10-11H2,1H3. The lowest BCUT2D eigenvalue weighted by molar-refractivity contribution is -0.131. The van der Waals surface area contributed by atoms with Crippen LogP contribution in [-0.2, 0) is 4.79 Å². The Kier molecular flexibility index (Phi) is 5.92. The Labute approximate surface area is 98.4 Å². The molecule has 0 heterocycles. The van der Waals surface area contributed by atoms with Crippen molar-refractivity contribution >= 4 is 5.91 Å². The van der Waals surface area contributed by atoms with Gasteiger partial charge in [-0.3, -0.25) is 4.79 Å². The zero-order valence-electron chi connectivity index (χ0n) is 10.2. The molecule has 1 aliphatic carbocycles. The molecule has 0 unspecified atom stereocenters. The summed E-state index contributed by atoms with van der Waals surface area (Å²) in [4.78, 5) is 13.6. The van der Waals surface area contributed by atoms with Crippen LogP contribution in [-0.4, -0.2) is 23.9 Å². The van der Waals surface area contributed by atoms with Gasteiger partial charge in [-0.25, -0.2) is 0 Å². The number of rotatable bonds is 4. The molecule has 0 aromatic rings. The van der Waals surface area contributed by atoms with Crippen molar-refractivity contribution < 1.29 is 4.79 Å². The molecule has 1 amide bonds. The summed E-state index contributed by atoms with van der Waals surface area (Å²) in [6.45, 7) is 2.82. The van der Waals surface area contributed by atoms with Crippen LogP contribution in [0, 0.1) is 17.2 Å². The van der Waals surface area contributed by atoms with E-state index >= 15 is 0 Å². The fraction of sp³-hybridized carbons (Fsp3) is 0.846. The van der Waals surface area contributed by atoms with Crippen molar-refractivity contribution in [2.45, 2.75) is 51.9 Å². The monoisotopic (exact) mass is 222 g/mol. The van der Waals surface area contributed by atoms with Crippen molar-refractivity contribution in [2.75, 3.05) is 13.1 Å². The maximum absolute atomic E-state index is 11.9. The first-order valence-corrected chi connectivity index (χ1v) is 6.42. The highest BCUT2D eigenvalue weighted by atomic mass is 16.2. The molecule has 90 valence electrons. The Balaban J connectivity index is 2.39. The van der Waals surface area contributed by atoms with Crippen LogP contribution in [0.15, 0.2) is 0 Å². The fourth-order valence-electron chi connectivity index (χ4n) is 2.41. The quantitative estimate of drug-likeness (QED) is 0.542. The third-order valence-electron chi connectivity index (χ3n) is 3.43. The maximum Gasteiger partial charge on any atom is 0.223 e. The summed E-state index contributed by atoms with van der Waals surface area (Å²) < 4.78 is 0. The van der Waals surface area contributed by atoms with Crippen LogP contribution < -0.4 is 0 Å². The van der Waals surface area contributed by atoms with Gasteiger partial charge in [-0.15, -0.1) is 0 Å². The Bertz CT molecular complexity index is 249. The average molecular weight is 222 g/mol. The van der Waals surface area contributed by atoms with Crippen molar-refractivity contribution in [2.24, 2.45) is 5.92 Å². The van der Waals surface area contributed by atoms with Crippen LogP contribution in [0.25, 0.3) is 0 Å². The minimum atomic E-state index is 0.163. The van der Waals surface area contributed by atoms with E-state index in [-0.39, 0.29) is 12.5 Å². The van der Waals surface area contributed by atoms with Gasteiger partial charge in [-0.2, -0.15) is 5.26 Å². The number of hydrogen-bond acceptors (Lipinski definition) is 2. The summed E-state index contributed by atoms with van der Waals surface area (Å²) in [5.74, 6) is 0.721. The molecule has 1 saturated carbocycles. The van der Waals surface area contributed by atoms with E-state index in [1.807, 2.05) is 6.92 Å². The summed E-state index contributed by atoms with van der Waals surface area (Å²) in [6.07, 6.45) is 8.20. The predicted octanol–water partition coefficient (Wildman–Crippen LogP) is 2.72. The highest BCUT2D eigenvalue weighted by molar-refractivity contribution is 5.76. The van der Waals surface area contributed by atoms with Gasteiger partial charge in [-0.1, -0.05) is 25.7 Å². The number of amides is 1. The number of nitrogens with zero attached hydrogens (tertiary/aromatic N) is 2. The number of hydrogen-bond donors (Lipinski definition) is 0. The molecule has 0 aromatic carbocycles. The summed E-state index contributed by atoms with van der Waals surface area (Å²) >= 11 is 0. The molecule has 0 aliphatic heterocycles. The van der Waals surface area contributed by atoms with Crippen LogP contribution in [0.3, 0.4) is 0 Å². The van der Waals surface area contributed by atoms with E-state index < -0.39 is 0 Å². The third-order valence-corrected chi connectivity index (χ3v) is 3.43. The molecule has 0 N–H and O–H groups in total. The second-order valence-corrected chi connectivity index (χ2v) is 4.63. The first kappa shape index (κ1) is 13.0. The smallest absolute Gasteiger partial charge is 0.223 e. The maximum atomic E-state index is 11.9. The molecular weight excluding hydrogens is 200 g/mol.